The van der Waals surface area contributed by atoms with Gasteiger partial charge in [0.25, 0.3) is 0 Å². The number of ether oxygens (including phenoxy) is 3. The topological polar surface area (TPSA) is 80.3 Å². The Bertz CT molecular complexity index is 918. The molecule has 0 spiro atoms. The van der Waals surface area contributed by atoms with Crippen molar-refractivity contribution >= 4 is 23.3 Å². The number of hydrogen-bond acceptors (Lipinski definition) is 6. The zero-order valence-electron chi connectivity index (χ0n) is 20.9. The first-order valence-electron chi connectivity index (χ1n) is 11.5. The maximum atomic E-state index is 13.4. The highest BCUT2D eigenvalue weighted by Crippen LogP contribution is 2.28. The number of amides is 3. The molecule has 0 saturated heterocycles. The summed E-state index contributed by atoms with van der Waals surface area (Å²) in [6.45, 7) is 6.45. The van der Waals surface area contributed by atoms with Crippen LogP contribution < -0.4 is 14.8 Å². The lowest BCUT2D eigenvalue weighted by Crippen LogP contribution is -2.47. The average molecular weight is 492 g/mol. The molecule has 0 aliphatic heterocycles. The van der Waals surface area contributed by atoms with Crippen LogP contribution in [0.3, 0.4) is 0 Å². The van der Waals surface area contributed by atoms with E-state index in [1.165, 1.54) is 0 Å². The summed E-state index contributed by atoms with van der Waals surface area (Å²) in [6, 6.07) is 7.61. The number of methoxy groups -OCH3 is 3. The number of urea groups is 1. The van der Waals surface area contributed by atoms with E-state index in [2.05, 4.69) is 18.3 Å². The largest absolute Gasteiger partial charge is 0.493 e. The molecule has 1 heterocycles. The standard InChI is InChI=1S/C25H37N3O5S/c1-6-26-25(30)28(12-7-14-31-3)18-24(29)27(17-23-19(2)11-15-34-23)13-10-20-8-9-21(32-4)22(16-20)33-5/h8-9,11,15-16H,6-7,10,12-14,17-18H2,1-5H3,(H,26,30). The number of carbonyl (C=O) groups is 2. The van der Waals surface area contributed by atoms with Crippen LogP contribution in [0.15, 0.2) is 29.6 Å². The number of aryl methyl sites for hydroxylation is 1. The highest BCUT2D eigenvalue weighted by Gasteiger charge is 2.22. The van der Waals surface area contributed by atoms with Crippen LogP contribution in [-0.2, 0) is 22.5 Å². The fourth-order valence-electron chi connectivity index (χ4n) is 3.51. The van der Waals surface area contributed by atoms with Crippen LogP contribution >= 0.6 is 11.3 Å². The highest BCUT2D eigenvalue weighted by atomic mass is 32.1. The van der Waals surface area contributed by atoms with Crippen LogP contribution in [-0.4, -0.2) is 75.9 Å². The molecule has 0 aliphatic rings. The van der Waals surface area contributed by atoms with Gasteiger partial charge in [0.1, 0.15) is 6.54 Å². The molecule has 0 unspecified atom stereocenters. The highest BCUT2D eigenvalue weighted by molar-refractivity contribution is 7.10. The zero-order chi connectivity index (χ0) is 24.9. The summed E-state index contributed by atoms with van der Waals surface area (Å²) >= 11 is 1.64. The third-order valence-corrected chi connectivity index (χ3v) is 6.50. The summed E-state index contributed by atoms with van der Waals surface area (Å²) in [5, 5.41) is 4.84. The Labute approximate surface area is 206 Å². The normalized spacial score (nSPS) is 10.6. The van der Waals surface area contributed by atoms with Gasteiger partial charge >= 0.3 is 6.03 Å². The predicted octanol–water partition coefficient (Wildman–Crippen LogP) is 3.71. The Morgan fingerprint density at radius 1 is 1.03 bits per heavy atom. The number of nitrogens with one attached hydrogen (secondary N) is 1. The molecule has 1 aromatic carbocycles. The van der Waals surface area contributed by atoms with Gasteiger partial charge in [-0.05, 0) is 61.4 Å². The zero-order valence-corrected chi connectivity index (χ0v) is 21.7. The fraction of sp³-hybridized carbons (Fsp3) is 0.520. The van der Waals surface area contributed by atoms with Gasteiger partial charge in [-0.3, -0.25) is 4.79 Å². The van der Waals surface area contributed by atoms with Gasteiger partial charge in [-0.1, -0.05) is 6.07 Å². The predicted molar refractivity (Wildman–Crippen MR) is 135 cm³/mol. The summed E-state index contributed by atoms with van der Waals surface area (Å²) in [6.07, 6.45) is 1.32. The molecular weight excluding hydrogens is 454 g/mol. The summed E-state index contributed by atoms with van der Waals surface area (Å²) in [7, 11) is 4.84. The van der Waals surface area contributed by atoms with Crippen molar-refractivity contribution in [2.75, 3.05) is 54.1 Å². The van der Waals surface area contributed by atoms with E-state index in [0.29, 0.717) is 57.1 Å². The number of nitrogens with zero attached hydrogens (tertiary/aromatic N) is 2. The molecule has 2 aromatic rings. The second-order valence-corrected chi connectivity index (χ2v) is 8.89. The molecule has 2 rings (SSSR count). The average Bonchev–Trinajstić information content (AvgIpc) is 3.25. The van der Waals surface area contributed by atoms with Crippen LogP contribution in [0.25, 0.3) is 0 Å². The first-order chi connectivity index (χ1) is 16.4. The minimum absolute atomic E-state index is 0.0197. The smallest absolute Gasteiger partial charge is 0.317 e. The van der Waals surface area contributed by atoms with Crippen LogP contribution in [0.2, 0.25) is 0 Å². The summed E-state index contributed by atoms with van der Waals surface area (Å²) < 4.78 is 15.9. The SMILES string of the molecule is CCNC(=O)N(CCCOC)CC(=O)N(CCc1ccc(OC)c(OC)c1)Cc1sccc1C. The Hall–Kier alpha value is -2.78. The molecule has 0 saturated carbocycles. The summed E-state index contributed by atoms with van der Waals surface area (Å²) in [4.78, 5) is 30.5. The van der Waals surface area contributed by atoms with E-state index in [1.54, 1.807) is 37.6 Å². The van der Waals surface area contributed by atoms with E-state index in [0.717, 1.165) is 16.0 Å². The van der Waals surface area contributed by atoms with E-state index >= 15 is 0 Å². The van der Waals surface area contributed by atoms with Crippen molar-refractivity contribution in [2.24, 2.45) is 0 Å². The number of benzene rings is 1. The molecule has 0 fully saturated rings. The molecule has 0 aliphatic carbocycles. The summed E-state index contributed by atoms with van der Waals surface area (Å²) in [5.41, 5.74) is 2.20. The van der Waals surface area contributed by atoms with E-state index in [9.17, 15) is 9.59 Å². The van der Waals surface area contributed by atoms with E-state index in [1.807, 2.05) is 35.4 Å². The second kappa shape index (κ2) is 14.5. The molecule has 0 bridgehead atoms. The van der Waals surface area contributed by atoms with Gasteiger partial charge in [-0.2, -0.15) is 0 Å². The monoisotopic (exact) mass is 491 g/mol. The van der Waals surface area contributed by atoms with Crippen LogP contribution in [0.5, 0.6) is 11.5 Å². The lowest BCUT2D eigenvalue weighted by molar-refractivity contribution is -0.132. The van der Waals surface area contributed by atoms with Crippen molar-refractivity contribution in [1.82, 2.24) is 15.1 Å². The molecule has 8 nitrogen and oxygen atoms in total. The molecule has 0 atom stereocenters. The first kappa shape index (κ1) is 27.5. The van der Waals surface area contributed by atoms with E-state index in [-0.39, 0.29) is 18.5 Å². The molecule has 1 N–H and O–H groups in total. The number of thiophene rings is 1. The molecule has 3 amide bonds. The molecule has 34 heavy (non-hydrogen) atoms. The number of rotatable bonds is 14. The minimum Gasteiger partial charge on any atom is -0.493 e. The van der Waals surface area contributed by atoms with Crippen LogP contribution in [0.1, 0.15) is 29.3 Å². The van der Waals surface area contributed by atoms with Crippen LogP contribution in [0.4, 0.5) is 4.79 Å². The molecule has 0 radical (unpaired) electrons. The van der Waals surface area contributed by atoms with Gasteiger partial charge in [0.2, 0.25) is 5.91 Å². The first-order valence-corrected chi connectivity index (χ1v) is 12.3. The van der Waals surface area contributed by atoms with Crippen molar-refractivity contribution < 1.29 is 23.8 Å². The van der Waals surface area contributed by atoms with Crippen molar-refractivity contribution in [3.05, 3.63) is 45.6 Å². The van der Waals surface area contributed by atoms with Gasteiger partial charge < -0.3 is 29.3 Å². The molecule has 9 heteroatoms. The quantitative estimate of drug-likeness (QED) is 0.408. The molecular formula is C25H37N3O5S. The molecule has 1 aromatic heterocycles. The summed E-state index contributed by atoms with van der Waals surface area (Å²) in [5.74, 6) is 1.24. The fourth-order valence-corrected chi connectivity index (χ4v) is 4.43. The van der Waals surface area contributed by atoms with Gasteiger partial charge in [-0.25, -0.2) is 4.79 Å². The minimum atomic E-state index is -0.237. The van der Waals surface area contributed by atoms with Crippen molar-refractivity contribution in [1.29, 1.82) is 0 Å². The van der Waals surface area contributed by atoms with Gasteiger partial charge in [0.15, 0.2) is 11.5 Å². The Morgan fingerprint density at radius 3 is 2.41 bits per heavy atom. The lowest BCUT2D eigenvalue weighted by atomic mass is 10.1. The number of hydrogen-bond donors (Lipinski definition) is 1. The maximum absolute atomic E-state index is 13.4. The Balaban J connectivity index is 2.17. The van der Waals surface area contributed by atoms with E-state index < -0.39 is 0 Å². The number of carbonyl (C=O) groups excluding carboxylic acids is 2. The molecule has 188 valence electrons. The van der Waals surface area contributed by atoms with Crippen molar-refractivity contribution in [2.45, 2.75) is 33.2 Å². The van der Waals surface area contributed by atoms with Gasteiger partial charge in [0.05, 0.1) is 20.8 Å². The van der Waals surface area contributed by atoms with Gasteiger partial charge in [-0.15, -0.1) is 11.3 Å². The lowest BCUT2D eigenvalue weighted by Gasteiger charge is -2.28. The Morgan fingerprint density at radius 2 is 1.79 bits per heavy atom. The second-order valence-electron chi connectivity index (χ2n) is 7.88. The van der Waals surface area contributed by atoms with Crippen molar-refractivity contribution in [3.63, 3.8) is 0 Å². The third-order valence-electron chi connectivity index (χ3n) is 5.49. The van der Waals surface area contributed by atoms with E-state index in [4.69, 9.17) is 14.2 Å². The van der Waals surface area contributed by atoms with Crippen molar-refractivity contribution in [3.8, 4) is 11.5 Å². The van der Waals surface area contributed by atoms with Crippen LogP contribution in [0, 0.1) is 6.92 Å². The Kier molecular flexibility index (Phi) is 11.7. The van der Waals surface area contributed by atoms with Gasteiger partial charge in [0, 0.05) is 38.2 Å². The maximum Gasteiger partial charge on any atom is 0.317 e. The third kappa shape index (κ3) is 8.22.